The molecule has 2 aliphatic rings. The molecule has 0 saturated carbocycles. The van der Waals surface area contributed by atoms with Crippen molar-refractivity contribution in [1.29, 1.82) is 0 Å². The van der Waals surface area contributed by atoms with Gasteiger partial charge in [0.05, 0.1) is 5.69 Å². The molecule has 35 heavy (non-hydrogen) atoms. The number of carbonyl (C=O) groups is 1. The maximum atomic E-state index is 12.6. The average molecular weight is 484 g/mol. The quantitative estimate of drug-likeness (QED) is 0.600. The van der Waals surface area contributed by atoms with Crippen molar-refractivity contribution in [2.75, 3.05) is 27.0 Å². The lowest BCUT2D eigenvalue weighted by atomic mass is 9.88. The Morgan fingerprint density at radius 2 is 1.97 bits per heavy atom. The minimum Gasteiger partial charge on any atom is -0.467 e. The Morgan fingerprint density at radius 3 is 2.71 bits per heavy atom. The minimum atomic E-state index is -0.782. The molecule has 1 aliphatic heterocycles. The van der Waals surface area contributed by atoms with Gasteiger partial charge >= 0.3 is 6.09 Å². The third kappa shape index (κ3) is 5.76. The van der Waals surface area contributed by atoms with Gasteiger partial charge in [-0.2, -0.15) is 5.10 Å². The number of rotatable bonds is 6. The van der Waals surface area contributed by atoms with E-state index in [0.29, 0.717) is 24.5 Å². The number of hydrogen-bond donors (Lipinski definition) is 1. The number of benzene rings is 1. The molecule has 8 nitrogen and oxygen atoms in total. The van der Waals surface area contributed by atoms with Gasteiger partial charge in [-0.25, -0.2) is 4.79 Å². The Balaban J connectivity index is 1.60. The van der Waals surface area contributed by atoms with E-state index in [9.17, 15) is 9.90 Å². The third-order valence-electron chi connectivity index (χ3n) is 6.63. The first-order chi connectivity index (χ1) is 16.7. The van der Waals surface area contributed by atoms with Gasteiger partial charge in [-0.1, -0.05) is 6.07 Å². The summed E-state index contributed by atoms with van der Waals surface area (Å²) in [6, 6.07) is 6.03. The van der Waals surface area contributed by atoms with Crippen LogP contribution >= 0.6 is 0 Å². The normalized spacial score (nSPS) is 18.8. The predicted molar refractivity (Wildman–Crippen MR) is 132 cm³/mol. The molecule has 2 aromatic rings. The van der Waals surface area contributed by atoms with Gasteiger partial charge in [0, 0.05) is 31.7 Å². The number of fused-ring (bicyclic) bond motifs is 1. The Morgan fingerprint density at radius 1 is 1.20 bits per heavy atom. The fourth-order valence-electron chi connectivity index (χ4n) is 5.02. The Kier molecular flexibility index (Phi) is 7.62. The lowest BCUT2D eigenvalue weighted by molar-refractivity contribution is 0.00147. The first kappa shape index (κ1) is 25.4. The zero-order valence-corrected chi connectivity index (χ0v) is 21.5. The van der Waals surface area contributed by atoms with Crippen LogP contribution in [-0.4, -0.2) is 58.9 Å². The second-order valence-corrected chi connectivity index (χ2v) is 10.6. The molecule has 1 saturated heterocycles. The minimum absolute atomic E-state index is 0.110. The van der Waals surface area contributed by atoms with Crippen LogP contribution in [0.3, 0.4) is 0 Å². The molecule has 2 atom stereocenters. The van der Waals surface area contributed by atoms with Crippen LogP contribution in [0.15, 0.2) is 18.2 Å². The summed E-state index contributed by atoms with van der Waals surface area (Å²) in [5.41, 5.74) is 5.07. The highest BCUT2D eigenvalue weighted by atomic mass is 16.7. The lowest BCUT2D eigenvalue weighted by Gasteiger charge is -2.36. The number of hydrogen-bond acceptors (Lipinski definition) is 7. The van der Waals surface area contributed by atoms with Gasteiger partial charge in [-0.15, -0.1) is 5.10 Å². The summed E-state index contributed by atoms with van der Waals surface area (Å²) in [4.78, 5) is 14.3. The molecule has 1 amide bonds. The van der Waals surface area contributed by atoms with Gasteiger partial charge < -0.3 is 24.2 Å². The largest absolute Gasteiger partial charge is 0.467 e. The van der Waals surface area contributed by atoms with Crippen LogP contribution in [0.25, 0.3) is 11.3 Å². The van der Waals surface area contributed by atoms with Crippen molar-refractivity contribution >= 4 is 6.09 Å². The molecule has 0 radical (unpaired) electrons. The summed E-state index contributed by atoms with van der Waals surface area (Å²) in [6.45, 7) is 8.84. The molecule has 0 bridgehead atoms. The number of aryl methyl sites for hydroxylation is 1. The topological polar surface area (TPSA) is 94.0 Å². The van der Waals surface area contributed by atoms with Crippen LogP contribution in [0.1, 0.15) is 68.5 Å². The van der Waals surface area contributed by atoms with Gasteiger partial charge in [0.25, 0.3) is 0 Å². The van der Waals surface area contributed by atoms with E-state index >= 15 is 0 Å². The maximum absolute atomic E-state index is 12.6. The molecule has 1 N–H and O–H groups in total. The number of amides is 1. The molecule has 1 fully saturated rings. The summed E-state index contributed by atoms with van der Waals surface area (Å²) in [5, 5.41) is 20.5. The highest BCUT2D eigenvalue weighted by Gasteiger charge is 2.35. The van der Waals surface area contributed by atoms with E-state index in [4.69, 9.17) is 14.2 Å². The Labute approximate surface area is 207 Å². The van der Waals surface area contributed by atoms with Crippen molar-refractivity contribution in [3.8, 4) is 17.0 Å². The molecule has 4 rings (SSSR count). The van der Waals surface area contributed by atoms with Crippen molar-refractivity contribution in [1.82, 2.24) is 15.1 Å². The number of methoxy groups -OCH3 is 1. The van der Waals surface area contributed by atoms with Crippen LogP contribution in [0.5, 0.6) is 5.75 Å². The fraction of sp³-hybridized carbons (Fsp3) is 0.593. The van der Waals surface area contributed by atoms with Gasteiger partial charge in [0.15, 0.2) is 6.79 Å². The molecule has 0 spiro atoms. The van der Waals surface area contributed by atoms with Crippen molar-refractivity contribution in [2.24, 2.45) is 5.92 Å². The monoisotopic (exact) mass is 483 g/mol. The fourth-order valence-corrected chi connectivity index (χ4v) is 5.02. The average Bonchev–Trinajstić information content (AvgIpc) is 3.31. The van der Waals surface area contributed by atoms with E-state index in [2.05, 4.69) is 10.2 Å². The summed E-state index contributed by atoms with van der Waals surface area (Å²) in [7, 11) is 1.60. The zero-order valence-electron chi connectivity index (χ0n) is 21.5. The number of carbonyl (C=O) groups excluding carboxylic acids is 1. The molecule has 1 aromatic heterocycles. The number of aliphatic hydroxyl groups excluding tert-OH is 1. The molecular formula is C27H37N3O5. The number of likely N-dealkylation sites (tertiary alicyclic amines) is 1. The van der Waals surface area contributed by atoms with E-state index < -0.39 is 11.7 Å². The van der Waals surface area contributed by atoms with E-state index in [1.54, 1.807) is 12.0 Å². The number of piperidine rings is 1. The molecule has 2 unspecified atom stereocenters. The van der Waals surface area contributed by atoms with E-state index in [1.165, 1.54) is 0 Å². The summed E-state index contributed by atoms with van der Waals surface area (Å²) in [5.74, 6) is 0.602. The zero-order chi connectivity index (χ0) is 25.2. The molecule has 1 aliphatic carbocycles. The number of nitrogens with zero attached hydrogens (tertiary/aromatic N) is 3. The number of ether oxygens (including phenoxy) is 3. The van der Waals surface area contributed by atoms with Crippen LogP contribution in [-0.2, 0) is 22.3 Å². The predicted octanol–water partition coefficient (Wildman–Crippen LogP) is 4.60. The van der Waals surface area contributed by atoms with Gasteiger partial charge in [0.2, 0.25) is 0 Å². The number of aromatic nitrogens is 2. The second kappa shape index (κ2) is 10.5. The number of aliphatic hydroxyl groups is 1. The van der Waals surface area contributed by atoms with E-state index in [1.807, 2.05) is 45.9 Å². The summed E-state index contributed by atoms with van der Waals surface area (Å²) < 4.78 is 16.5. The molecule has 8 heteroatoms. The maximum Gasteiger partial charge on any atom is 0.410 e. The molecular weight excluding hydrogens is 446 g/mol. The first-order valence-corrected chi connectivity index (χ1v) is 12.4. The van der Waals surface area contributed by atoms with Gasteiger partial charge in [0.1, 0.15) is 23.1 Å². The standard InChI is InChI=1S/C27H37N3O5/c1-17-11-12-21(22(14-17)34-16-33-5)23-19-9-6-10-20(19)24(29-28-23)25(31)18-8-7-13-30(15-18)26(32)35-27(2,3)4/h11-12,14,18,25,31H,6-10,13,15-16H2,1-5H3. The van der Waals surface area contributed by atoms with Gasteiger partial charge in [-0.05, 0) is 88.6 Å². The summed E-state index contributed by atoms with van der Waals surface area (Å²) in [6.07, 6.45) is 3.26. The molecule has 190 valence electrons. The Bertz CT molecular complexity index is 1070. The first-order valence-electron chi connectivity index (χ1n) is 12.4. The van der Waals surface area contributed by atoms with Crippen molar-refractivity contribution < 1.29 is 24.1 Å². The highest BCUT2D eigenvalue weighted by Crippen LogP contribution is 2.40. The van der Waals surface area contributed by atoms with E-state index in [-0.39, 0.29) is 18.8 Å². The van der Waals surface area contributed by atoms with Gasteiger partial charge in [-0.3, -0.25) is 0 Å². The van der Waals surface area contributed by atoms with E-state index in [0.717, 1.165) is 60.1 Å². The SMILES string of the molecule is COCOc1cc(C)ccc1-c1nnc(C(O)C2CCCN(C(=O)OC(C)(C)C)C2)c2c1CCC2. The van der Waals surface area contributed by atoms with Crippen LogP contribution < -0.4 is 4.74 Å². The van der Waals surface area contributed by atoms with Crippen LogP contribution in [0, 0.1) is 12.8 Å². The van der Waals surface area contributed by atoms with Crippen molar-refractivity contribution in [3.63, 3.8) is 0 Å². The lowest BCUT2D eigenvalue weighted by Crippen LogP contribution is -2.44. The van der Waals surface area contributed by atoms with Crippen LogP contribution in [0.2, 0.25) is 0 Å². The second-order valence-electron chi connectivity index (χ2n) is 10.6. The molecule has 1 aromatic carbocycles. The third-order valence-corrected chi connectivity index (χ3v) is 6.63. The Hall–Kier alpha value is -2.71. The van der Waals surface area contributed by atoms with Crippen molar-refractivity contribution in [2.45, 2.75) is 71.5 Å². The van der Waals surface area contributed by atoms with Crippen LogP contribution in [0.4, 0.5) is 4.79 Å². The van der Waals surface area contributed by atoms with Crippen molar-refractivity contribution in [3.05, 3.63) is 40.6 Å². The molecule has 2 heterocycles. The smallest absolute Gasteiger partial charge is 0.410 e. The highest BCUT2D eigenvalue weighted by molar-refractivity contribution is 5.72. The summed E-state index contributed by atoms with van der Waals surface area (Å²) >= 11 is 0.